The van der Waals surface area contributed by atoms with Gasteiger partial charge in [0.2, 0.25) is 0 Å². The van der Waals surface area contributed by atoms with Crippen LogP contribution in [0, 0.1) is 0 Å². The van der Waals surface area contributed by atoms with E-state index in [1.165, 1.54) is 6.21 Å². The van der Waals surface area contributed by atoms with E-state index in [0.717, 1.165) is 11.3 Å². The van der Waals surface area contributed by atoms with E-state index in [0.29, 0.717) is 4.88 Å². The molecule has 70 valence electrons. The summed E-state index contributed by atoms with van der Waals surface area (Å²) in [7, 11) is 0. The lowest BCUT2D eigenvalue weighted by Gasteiger charge is -1.88. The van der Waals surface area contributed by atoms with Crippen LogP contribution in [0.25, 0.3) is 0 Å². The van der Waals surface area contributed by atoms with Crippen LogP contribution in [-0.4, -0.2) is 17.2 Å². The lowest BCUT2D eigenvalue weighted by Crippen LogP contribution is -2.24. The Kier molecular flexibility index (Phi) is 3.04. The van der Waals surface area contributed by atoms with Crippen molar-refractivity contribution in [2.75, 3.05) is 0 Å². The van der Waals surface area contributed by atoms with Gasteiger partial charge in [-0.2, -0.15) is 5.10 Å². The van der Waals surface area contributed by atoms with Crippen LogP contribution in [0.3, 0.4) is 0 Å². The number of thiazole rings is 1. The molecule has 8 heteroatoms. The minimum absolute atomic E-state index is 0.185. The van der Waals surface area contributed by atoms with Crippen LogP contribution in [0.1, 0.15) is 4.88 Å². The smallest absolute Gasteiger partial charge is 0.332 e. The molecule has 0 aromatic carbocycles. The zero-order chi connectivity index (χ0) is 9.84. The molecule has 0 aliphatic rings. The van der Waals surface area contributed by atoms with E-state index in [1.807, 2.05) is 5.43 Å². The van der Waals surface area contributed by atoms with E-state index in [1.54, 1.807) is 0 Å². The second kappa shape index (κ2) is 4.06. The zero-order valence-electron chi connectivity index (χ0n) is 6.20. The summed E-state index contributed by atoms with van der Waals surface area (Å²) in [6.45, 7) is 0. The summed E-state index contributed by atoms with van der Waals surface area (Å²) in [4.78, 5) is 23.4. The number of nitrogens with two attached hydrogens (primary N) is 1. The number of carbonyl (C=O) groups excluding carboxylic acids is 1. The van der Waals surface area contributed by atoms with Gasteiger partial charge in [-0.3, -0.25) is 4.79 Å². The number of aromatic nitrogens is 1. The molecule has 0 saturated heterocycles. The maximum atomic E-state index is 10.7. The fourth-order valence-electron chi connectivity index (χ4n) is 0.559. The number of nitrogens with one attached hydrogen (secondary N) is 2. The number of hydrazone groups is 1. The van der Waals surface area contributed by atoms with Crippen LogP contribution in [-0.2, 0) is 0 Å². The van der Waals surface area contributed by atoms with Crippen LogP contribution in [0.2, 0.25) is 5.15 Å². The van der Waals surface area contributed by atoms with Gasteiger partial charge in [0.05, 0.1) is 11.1 Å². The number of H-pyrrole nitrogens is 1. The highest BCUT2D eigenvalue weighted by atomic mass is 35.5. The van der Waals surface area contributed by atoms with Crippen LogP contribution in [0.4, 0.5) is 4.79 Å². The van der Waals surface area contributed by atoms with E-state index in [-0.39, 0.29) is 10.0 Å². The van der Waals surface area contributed by atoms with Crippen molar-refractivity contribution in [1.82, 2.24) is 10.4 Å². The highest BCUT2D eigenvalue weighted by Gasteiger charge is 2.01. The standard InChI is InChI=1S/C5H5ClN4O2S/c6-3-2(13-5(12)9-3)1-8-10-4(7)11/h1H,(H,9,12)(H3,7,10,11)/b8-1+. The molecule has 0 atom stereocenters. The largest absolute Gasteiger partial charge is 0.350 e. The highest BCUT2D eigenvalue weighted by molar-refractivity contribution is 7.11. The highest BCUT2D eigenvalue weighted by Crippen LogP contribution is 2.11. The molecule has 1 aromatic rings. The number of nitrogens with zero attached hydrogens (tertiary/aromatic N) is 1. The number of aromatic amines is 1. The molecule has 0 unspecified atom stereocenters. The Bertz CT molecular complexity index is 395. The minimum atomic E-state index is -0.782. The SMILES string of the molecule is NC(=O)N/N=C/c1sc(=O)[nH]c1Cl. The summed E-state index contributed by atoms with van der Waals surface area (Å²) in [5.41, 5.74) is 6.71. The first-order chi connectivity index (χ1) is 6.09. The van der Waals surface area contributed by atoms with Crippen LogP contribution >= 0.6 is 22.9 Å². The summed E-state index contributed by atoms with van der Waals surface area (Å²) in [5, 5.41) is 3.62. The summed E-state index contributed by atoms with van der Waals surface area (Å²) in [5.74, 6) is 0. The fraction of sp³-hybridized carbons (Fsp3) is 0. The van der Waals surface area contributed by atoms with Gasteiger partial charge in [-0.05, 0) is 0 Å². The predicted octanol–water partition coefficient (Wildman–Crippen LogP) is 0.0920. The molecule has 0 aliphatic heterocycles. The number of hydrogen-bond acceptors (Lipinski definition) is 4. The van der Waals surface area contributed by atoms with Gasteiger partial charge in [0.25, 0.3) is 0 Å². The third kappa shape index (κ3) is 2.88. The van der Waals surface area contributed by atoms with Crippen LogP contribution in [0.5, 0.6) is 0 Å². The Morgan fingerprint density at radius 1 is 1.77 bits per heavy atom. The summed E-state index contributed by atoms with van der Waals surface area (Å²) < 4.78 is 0. The molecule has 1 heterocycles. The maximum Gasteiger partial charge on any atom is 0.332 e. The van der Waals surface area contributed by atoms with Gasteiger partial charge in [-0.1, -0.05) is 22.9 Å². The second-order valence-electron chi connectivity index (χ2n) is 1.93. The van der Waals surface area contributed by atoms with Crippen molar-refractivity contribution >= 4 is 35.2 Å². The van der Waals surface area contributed by atoms with Crippen molar-refractivity contribution < 1.29 is 4.79 Å². The Morgan fingerprint density at radius 3 is 2.92 bits per heavy atom. The molecule has 1 rings (SSSR count). The van der Waals surface area contributed by atoms with Gasteiger partial charge >= 0.3 is 10.9 Å². The first-order valence-electron chi connectivity index (χ1n) is 3.06. The van der Waals surface area contributed by atoms with Gasteiger partial charge in [-0.15, -0.1) is 0 Å². The molecule has 13 heavy (non-hydrogen) atoms. The Hall–Kier alpha value is -1.34. The molecule has 0 aliphatic carbocycles. The van der Waals surface area contributed by atoms with Gasteiger partial charge in [-0.25, -0.2) is 10.2 Å². The minimum Gasteiger partial charge on any atom is -0.350 e. The molecule has 0 radical (unpaired) electrons. The third-order valence-electron chi connectivity index (χ3n) is 0.987. The first kappa shape index (κ1) is 9.75. The topological polar surface area (TPSA) is 100 Å². The number of urea groups is 1. The number of halogens is 1. The zero-order valence-corrected chi connectivity index (χ0v) is 7.78. The van der Waals surface area contributed by atoms with Gasteiger partial charge in [0.1, 0.15) is 5.15 Å². The van der Waals surface area contributed by atoms with Gasteiger partial charge < -0.3 is 10.7 Å². The van der Waals surface area contributed by atoms with Gasteiger partial charge in [0.15, 0.2) is 0 Å². The lowest BCUT2D eigenvalue weighted by molar-refractivity contribution is 0.249. The Morgan fingerprint density at radius 2 is 2.46 bits per heavy atom. The molecule has 1 aromatic heterocycles. The van der Waals surface area contributed by atoms with E-state index in [9.17, 15) is 9.59 Å². The third-order valence-corrected chi connectivity index (χ3v) is 2.21. The quantitative estimate of drug-likeness (QED) is 0.486. The van der Waals surface area contributed by atoms with Crippen LogP contribution in [0.15, 0.2) is 9.90 Å². The molecular formula is C5H5ClN4O2S. The summed E-state index contributed by atoms with van der Waals surface area (Å²) in [6, 6.07) is -0.782. The Labute approximate surface area is 81.4 Å². The number of carbonyl (C=O) groups is 1. The predicted molar refractivity (Wildman–Crippen MR) is 50.3 cm³/mol. The first-order valence-corrected chi connectivity index (χ1v) is 4.26. The molecule has 0 spiro atoms. The van der Waals surface area contributed by atoms with Crippen molar-refractivity contribution in [3.05, 3.63) is 19.7 Å². The van der Waals surface area contributed by atoms with E-state index in [4.69, 9.17) is 17.3 Å². The van der Waals surface area contributed by atoms with Gasteiger partial charge in [0, 0.05) is 0 Å². The van der Waals surface area contributed by atoms with Crippen molar-refractivity contribution in [3.63, 3.8) is 0 Å². The van der Waals surface area contributed by atoms with Crippen molar-refractivity contribution in [2.24, 2.45) is 10.8 Å². The number of amides is 2. The average Bonchev–Trinajstić information content (AvgIpc) is 2.29. The number of hydrogen-bond donors (Lipinski definition) is 3. The van der Waals surface area contributed by atoms with E-state index in [2.05, 4.69) is 10.1 Å². The normalized spacial score (nSPS) is 10.5. The lowest BCUT2D eigenvalue weighted by atomic mass is 10.6. The molecule has 0 fully saturated rings. The molecular weight excluding hydrogens is 216 g/mol. The summed E-state index contributed by atoms with van der Waals surface area (Å²) in [6.07, 6.45) is 1.23. The van der Waals surface area contributed by atoms with E-state index >= 15 is 0 Å². The molecule has 4 N–H and O–H groups in total. The second-order valence-corrected chi connectivity index (χ2v) is 3.32. The Balaban J connectivity index is 2.74. The molecule has 2 amide bonds. The average molecular weight is 221 g/mol. The number of primary amides is 1. The summed E-state index contributed by atoms with van der Waals surface area (Å²) >= 11 is 6.46. The van der Waals surface area contributed by atoms with E-state index < -0.39 is 6.03 Å². The van der Waals surface area contributed by atoms with Crippen molar-refractivity contribution in [3.8, 4) is 0 Å². The molecule has 0 bridgehead atoms. The fourth-order valence-corrected chi connectivity index (χ4v) is 1.46. The monoisotopic (exact) mass is 220 g/mol. The molecule has 0 saturated carbocycles. The maximum absolute atomic E-state index is 10.7. The molecule has 6 nitrogen and oxygen atoms in total. The van der Waals surface area contributed by atoms with Crippen molar-refractivity contribution in [1.29, 1.82) is 0 Å². The number of rotatable bonds is 2. The van der Waals surface area contributed by atoms with Crippen LogP contribution < -0.4 is 16.0 Å². The van der Waals surface area contributed by atoms with Crippen molar-refractivity contribution in [2.45, 2.75) is 0 Å².